The highest BCUT2D eigenvalue weighted by Gasteiger charge is 2.19. The molecule has 1 aliphatic rings. The third kappa shape index (κ3) is 4.39. The first-order chi connectivity index (χ1) is 12.4. The highest BCUT2D eigenvalue weighted by atomic mass is 32.1. The molecule has 0 saturated carbocycles. The molecule has 0 aliphatic carbocycles. The van der Waals surface area contributed by atoms with Crippen molar-refractivity contribution < 1.29 is 0 Å². The van der Waals surface area contributed by atoms with Crippen molar-refractivity contribution >= 4 is 11.3 Å². The Bertz CT molecular complexity index is 754. The van der Waals surface area contributed by atoms with Crippen molar-refractivity contribution in [3.8, 4) is 11.1 Å². The van der Waals surface area contributed by atoms with Gasteiger partial charge in [0.2, 0.25) is 0 Å². The van der Waals surface area contributed by atoms with Gasteiger partial charge in [0.15, 0.2) is 0 Å². The third-order valence-corrected chi connectivity index (χ3v) is 6.11. The average Bonchev–Trinajstić information content (AvgIpc) is 3.18. The fourth-order valence-corrected chi connectivity index (χ4v) is 4.51. The van der Waals surface area contributed by atoms with Crippen molar-refractivity contribution in [3.05, 3.63) is 82.6 Å². The number of likely N-dealkylation sites (tertiary alicyclic amines) is 1. The predicted octanol–water partition coefficient (Wildman–Crippen LogP) is 5.87. The van der Waals surface area contributed by atoms with Gasteiger partial charge in [0.05, 0.1) is 0 Å². The van der Waals surface area contributed by atoms with Crippen LogP contribution in [0.5, 0.6) is 0 Å². The van der Waals surface area contributed by atoms with Crippen molar-refractivity contribution in [3.63, 3.8) is 0 Å². The van der Waals surface area contributed by atoms with Gasteiger partial charge in [-0.3, -0.25) is 4.90 Å². The first kappa shape index (κ1) is 16.6. The minimum Gasteiger partial charge on any atom is -0.298 e. The molecule has 0 amide bonds. The van der Waals surface area contributed by atoms with Crippen molar-refractivity contribution in [1.82, 2.24) is 4.90 Å². The number of piperidine rings is 1. The second-order valence-corrected chi connectivity index (χ2v) is 8.10. The lowest BCUT2D eigenvalue weighted by Crippen LogP contribution is -2.33. The van der Waals surface area contributed by atoms with E-state index in [0.29, 0.717) is 0 Å². The molecule has 2 aromatic carbocycles. The Morgan fingerprint density at radius 3 is 2.20 bits per heavy atom. The first-order valence-electron chi connectivity index (χ1n) is 9.26. The Labute approximate surface area is 154 Å². The van der Waals surface area contributed by atoms with E-state index in [-0.39, 0.29) is 0 Å². The third-order valence-electron chi connectivity index (χ3n) is 5.25. The molecule has 25 heavy (non-hydrogen) atoms. The summed E-state index contributed by atoms with van der Waals surface area (Å²) in [6.45, 7) is 3.62. The monoisotopic (exact) mass is 347 g/mol. The lowest BCUT2D eigenvalue weighted by Gasteiger charge is -2.31. The average molecular weight is 348 g/mol. The van der Waals surface area contributed by atoms with Gasteiger partial charge < -0.3 is 0 Å². The van der Waals surface area contributed by atoms with Gasteiger partial charge in [-0.1, -0.05) is 60.7 Å². The summed E-state index contributed by atoms with van der Waals surface area (Å²) in [6, 6.07) is 24.2. The highest BCUT2D eigenvalue weighted by molar-refractivity contribution is 7.09. The van der Waals surface area contributed by atoms with Crippen LogP contribution in [0.2, 0.25) is 0 Å². The van der Waals surface area contributed by atoms with Gasteiger partial charge in [0.1, 0.15) is 0 Å². The largest absolute Gasteiger partial charge is 0.298 e. The van der Waals surface area contributed by atoms with Crippen molar-refractivity contribution in [2.45, 2.75) is 25.8 Å². The standard InChI is InChI=1S/C23H25NS/c1-2-5-21(6-3-1)22-10-8-19(9-11-22)17-20-12-14-24(15-13-20)18-23-7-4-16-25-23/h1-11,16,20H,12-15,17-18H2. The Morgan fingerprint density at radius 2 is 1.52 bits per heavy atom. The van der Waals surface area contributed by atoms with Gasteiger partial charge in [-0.2, -0.15) is 0 Å². The second-order valence-electron chi connectivity index (χ2n) is 7.07. The molecular formula is C23H25NS. The number of hydrogen-bond donors (Lipinski definition) is 0. The molecular weight excluding hydrogens is 322 g/mol. The van der Waals surface area contributed by atoms with Crippen LogP contribution < -0.4 is 0 Å². The van der Waals surface area contributed by atoms with E-state index in [9.17, 15) is 0 Å². The zero-order valence-electron chi connectivity index (χ0n) is 14.6. The smallest absolute Gasteiger partial charge is 0.0327 e. The zero-order valence-corrected chi connectivity index (χ0v) is 15.4. The van der Waals surface area contributed by atoms with Gasteiger partial charge in [0, 0.05) is 11.4 Å². The number of thiophene rings is 1. The van der Waals surface area contributed by atoms with Crippen LogP contribution in [0.4, 0.5) is 0 Å². The van der Waals surface area contributed by atoms with Crippen LogP contribution in [0.3, 0.4) is 0 Å². The Kier molecular flexibility index (Phi) is 5.29. The molecule has 3 aromatic rings. The van der Waals surface area contributed by atoms with Crippen LogP contribution >= 0.6 is 11.3 Å². The van der Waals surface area contributed by atoms with Crippen LogP contribution in [0.1, 0.15) is 23.3 Å². The van der Waals surface area contributed by atoms with E-state index in [0.717, 1.165) is 12.5 Å². The van der Waals surface area contributed by atoms with Crippen LogP contribution in [-0.4, -0.2) is 18.0 Å². The normalized spacial score (nSPS) is 16.2. The van der Waals surface area contributed by atoms with Gasteiger partial charge in [-0.05, 0) is 66.4 Å². The fraction of sp³-hybridized carbons (Fsp3) is 0.304. The SMILES string of the molecule is c1ccc(-c2ccc(CC3CCN(Cc4cccs4)CC3)cc2)cc1. The molecule has 1 saturated heterocycles. The number of benzene rings is 2. The van der Waals surface area contributed by atoms with E-state index >= 15 is 0 Å². The molecule has 1 nitrogen and oxygen atoms in total. The van der Waals surface area contributed by atoms with Crippen molar-refractivity contribution in [2.75, 3.05) is 13.1 Å². The molecule has 0 N–H and O–H groups in total. The Balaban J connectivity index is 1.30. The fourth-order valence-electron chi connectivity index (χ4n) is 3.77. The van der Waals surface area contributed by atoms with E-state index in [2.05, 4.69) is 77.0 Å². The molecule has 128 valence electrons. The summed E-state index contributed by atoms with van der Waals surface area (Å²) in [5, 5.41) is 2.18. The lowest BCUT2D eigenvalue weighted by molar-refractivity contribution is 0.178. The van der Waals surface area contributed by atoms with Gasteiger partial charge in [-0.25, -0.2) is 0 Å². The molecule has 1 aromatic heterocycles. The molecule has 1 fully saturated rings. The maximum absolute atomic E-state index is 2.61. The summed E-state index contributed by atoms with van der Waals surface area (Å²) >= 11 is 1.88. The summed E-state index contributed by atoms with van der Waals surface area (Å²) in [4.78, 5) is 4.11. The molecule has 4 rings (SSSR count). The zero-order chi connectivity index (χ0) is 16.9. The summed E-state index contributed by atoms with van der Waals surface area (Å²) in [7, 11) is 0. The van der Waals surface area contributed by atoms with Gasteiger partial charge in [0.25, 0.3) is 0 Å². The lowest BCUT2D eigenvalue weighted by atomic mass is 9.89. The Hall–Kier alpha value is -1.90. The highest BCUT2D eigenvalue weighted by Crippen LogP contribution is 2.25. The molecule has 0 atom stereocenters. The summed E-state index contributed by atoms with van der Waals surface area (Å²) in [5.74, 6) is 0.835. The van der Waals surface area contributed by atoms with Crippen molar-refractivity contribution in [2.24, 2.45) is 5.92 Å². The van der Waals surface area contributed by atoms with Crippen molar-refractivity contribution in [1.29, 1.82) is 0 Å². The molecule has 0 unspecified atom stereocenters. The minimum absolute atomic E-state index is 0.835. The number of hydrogen-bond acceptors (Lipinski definition) is 2. The van der Waals surface area contributed by atoms with E-state index in [1.54, 1.807) is 0 Å². The first-order valence-corrected chi connectivity index (χ1v) is 10.1. The van der Waals surface area contributed by atoms with E-state index in [1.165, 1.54) is 53.9 Å². The quantitative estimate of drug-likeness (QED) is 0.558. The van der Waals surface area contributed by atoms with E-state index in [1.807, 2.05) is 11.3 Å². The molecule has 2 heteroatoms. The summed E-state index contributed by atoms with van der Waals surface area (Å²) < 4.78 is 0. The molecule has 0 spiro atoms. The second kappa shape index (κ2) is 7.99. The Morgan fingerprint density at radius 1 is 0.800 bits per heavy atom. The van der Waals surface area contributed by atoms with Gasteiger partial charge in [-0.15, -0.1) is 11.3 Å². The maximum atomic E-state index is 2.61. The van der Waals surface area contributed by atoms with Crippen LogP contribution in [0.25, 0.3) is 11.1 Å². The number of nitrogens with zero attached hydrogens (tertiary/aromatic N) is 1. The number of rotatable bonds is 5. The summed E-state index contributed by atoms with van der Waals surface area (Å²) in [5.41, 5.74) is 4.10. The maximum Gasteiger partial charge on any atom is 0.0327 e. The topological polar surface area (TPSA) is 3.24 Å². The summed E-state index contributed by atoms with van der Waals surface area (Å²) in [6.07, 6.45) is 3.87. The predicted molar refractivity (Wildman–Crippen MR) is 108 cm³/mol. The van der Waals surface area contributed by atoms with Crippen LogP contribution in [0.15, 0.2) is 72.1 Å². The van der Waals surface area contributed by atoms with Crippen LogP contribution in [-0.2, 0) is 13.0 Å². The van der Waals surface area contributed by atoms with Gasteiger partial charge >= 0.3 is 0 Å². The van der Waals surface area contributed by atoms with E-state index < -0.39 is 0 Å². The van der Waals surface area contributed by atoms with E-state index in [4.69, 9.17) is 0 Å². The minimum atomic E-state index is 0.835. The molecule has 2 heterocycles. The molecule has 1 aliphatic heterocycles. The molecule has 0 bridgehead atoms. The molecule has 0 radical (unpaired) electrons. The van der Waals surface area contributed by atoms with Crippen LogP contribution in [0, 0.1) is 5.92 Å².